The summed E-state index contributed by atoms with van der Waals surface area (Å²) in [5.41, 5.74) is -0.0109. The van der Waals surface area contributed by atoms with Gasteiger partial charge in [0.05, 0.1) is 16.5 Å². The van der Waals surface area contributed by atoms with Crippen LogP contribution in [0.5, 0.6) is 0 Å². The van der Waals surface area contributed by atoms with E-state index >= 15 is 0 Å². The van der Waals surface area contributed by atoms with Crippen LogP contribution in [0.1, 0.15) is 13.8 Å². The highest BCUT2D eigenvalue weighted by Crippen LogP contribution is 2.29. The second-order valence-electron chi connectivity index (χ2n) is 7.93. The van der Waals surface area contributed by atoms with Crippen LogP contribution in [0.2, 0.25) is 0 Å². The van der Waals surface area contributed by atoms with E-state index < -0.39 is 11.2 Å². The number of anilines is 1. The number of imidazole rings is 1. The molecule has 34 heavy (non-hydrogen) atoms. The van der Waals surface area contributed by atoms with Gasteiger partial charge in [0.25, 0.3) is 5.56 Å². The summed E-state index contributed by atoms with van der Waals surface area (Å²) in [7, 11) is 2.92. The second kappa shape index (κ2) is 9.47. The van der Waals surface area contributed by atoms with E-state index in [2.05, 4.69) is 14.9 Å². The number of rotatable bonds is 8. The molecule has 0 aliphatic heterocycles. The molecule has 0 bridgehead atoms. The number of amides is 1. The van der Waals surface area contributed by atoms with E-state index in [0.29, 0.717) is 28.4 Å². The third kappa shape index (κ3) is 4.26. The minimum atomic E-state index is -0.520. The molecule has 0 aliphatic rings. The molecule has 1 amide bonds. The van der Waals surface area contributed by atoms with E-state index in [1.807, 2.05) is 13.8 Å². The molecule has 4 aromatic rings. The van der Waals surface area contributed by atoms with Gasteiger partial charge in [0, 0.05) is 27.2 Å². The first-order chi connectivity index (χ1) is 16.2. The standard InChI is InChI=1S/C22H26FN7O3S/c1-5-28(6-2)9-10-30(21-25-15-8-7-14(23)11-16(15)34-21)17(31)12-29-13-24-19-18(29)20(32)27(4)22(33)26(19)3/h7-8,11,13H,5-6,9-10,12H2,1-4H3. The molecule has 0 unspecified atom stereocenters. The van der Waals surface area contributed by atoms with Gasteiger partial charge < -0.3 is 9.47 Å². The van der Waals surface area contributed by atoms with Crippen molar-refractivity contribution in [2.45, 2.75) is 20.4 Å². The van der Waals surface area contributed by atoms with Gasteiger partial charge in [-0.15, -0.1) is 0 Å². The zero-order valence-corrected chi connectivity index (χ0v) is 20.3. The summed E-state index contributed by atoms with van der Waals surface area (Å²) in [6.45, 7) is 6.61. The molecular weight excluding hydrogens is 461 g/mol. The Hall–Kier alpha value is -3.38. The van der Waals surface area contributed by atoms with Gasteiger partial charge in [-0.05, 0) is 31.3 Å². The Morgan fingerprint density at radius 2 is 1.85 bits per heavy atom. The largest absolute Gasteiger partial charge is 0.332 e. The van der Waals surface area contributed by atoms with Gasteiger partial charge in [-0.25, -0.2) is 19.2 Å². The molecule has 3 aromatic heterocycles. The minimum Gasteiger partial charge on any atom is -0.315 e. The molecule has 0 saturated heterocycles. The molecule has 0 fully saturated rings. The predicted octanol–water partition coefficient (Wildman–Crippen LogP) is 1.56. The number of carbonyl (C=O) groups excluding carboxylic acids is 1. The first kappa shape index (κ1) is 23.8. The zero-order valence-electron chi connectivity index (χ0n) is 19.5. The first-order valence-corrected chi connectivity index (χ1v) is 11.8. The molecule has 0 radical (unpaired) electrons. The Bertz CT molecular complexity index is 1480. The van der Waals surface area contributed by atoms with E-state index in [-0.39, 0.29) is 29.4 Å². The number of nitrogens with zero attached hydrogens (tertiary/aromatic N) is 7. The maximum Gasteiger partial charge on any atom is 0.332 e. The zero-order chi connectivity index (χ0) is 24.6. The van der Waals surface area contributed by atoms with Gasteiger partial charge >= 0.3 is 5.69 Å². The first-order valence-electron chi connectivity index (χ1n) is 10.9. The van der Waals surface area contributed by atoms with Crippen LogP contribution in [-0.4, -0.2) is 60.7 Å². The van der Waals surface area contributed by atoms with Crippen LogP contribution in [0.15, 0.2) is 34.1 Å². The topological polar surface area (TPSA) is 98.3 Å². The SMILES string of the molecule is CCN(CC)CCN(C(=O)Cn1cnc2c1c(=O)n(C)c(=O)n2C)c1nc2ccc(F)cc2s1. The van der Waals surface area contributed by atoms with E-state index in [0.717, 1.165) is 17.7 Å². The Balaban J connectivity index is 1.72. The molecule has 0 saturated carbocycles. The number of fused-ring (bicyclic) bond motifs is 2. The Kier molecular flexibility index (Phi) is 6.62. The molecule has 0 spiro atoms. The lowest BCUT2D eigenvalue weighted by Crippen LogP contribution is -2.41. The van der Waals surface area contributed by atoms with E-state index in [4.69, 9.17) is 0 Å². The Labute approximate surface area is 198 Å². The predicted molar refractivity (Wildman–Crippen MR) is 130 cm³/mol. The fourth-order valence-electron chi connectivity index (χ4n) is 3.86. The number of hydrogen-bond donors (Lipinski definition) is 0. The summed E-state index contributed by atoms with van der Waals surface area (Å²) in [4.78, 5) is 51.0. The molecular formula is C22H26FN7O3S. The van der Waals surface area contributed by atoms with Crippen molar-refractivity contribution in [2.75, 3.05) is 31.1 Å². The van der Waals surface area contributed by atoms with Crippen molar-refractivity contribution in [3.63, 3.8) is 0 Å². The van der Waals surface area contributed by atoms with Crippen molar-refractivity contribution < 1.29 is 9.18 Å². The summed E-state index contributed by atoms with van der Waals surface area (Å²) in [5, 5.41) is 0.461. The van der Waals surface area contributed by atoms with E-state index in [1.54, 1.807) is 11.0 Å². The monoisotopic (exact) mass is 487 g/mol. The molecule has 1 aromatic carbocycles. The number of carbonyl (C=O) groups is 1. The van der Waals surface area contributed by atoms with Crippen molar-refractivity contribution in [1.29, 1.82) is 0 Å². The van der Waals surface area contributed by atoms with Crippen LogP contribution < -0.4 is 16.1 Å². The average Bonchev–Trinajstić information content (AvgIpc) is 3.43. The maximum atomic E-state index is 13.7. The summed E-state index contributed by atoms with van der Waals surface area (Å²) in [5.74, 6) is -0.656. The van der Waals surface area contributed by atoms with Crippen molar-refractivity contribution >= 4 is 43.8 Å². The van der Waals surface area contributed by atoms with Crippen LogP contribution in [0.4, 0.5) is 9.52 Å². The number of aromatic nitrogens is 5. The molecule has 180 valence electrons. The van der Waals surface area contributed by atoms with Gasteiger partial charge in [0.1, 0.15) is 12.4 Å². The lowest BCUT2D eigenvalue weighted by Gasteiger charge is -2.25. The van der Waals surface area contributed by atoms with Crippen LogP contribution in [0.3, 0.4) is 0 Å². The Morgan fingerprint density at radius 1 is 1.12 bits per heavy atom. The summed E-state index contributed by atoms with van der Waals surface area (Å²) in [6, 6.07) is 4.33. The minimum absolute atomic E-state index is 0.160. The summed E-state index contributed by atoms with van der Waals surface area (Å²) in [6.07, 6.45) is 1.39. The maximum absolute atomic E-state index is 13.7. The third-order valence-corrected chi connectivity index (χ3v) is 6.97. The van der Waals surface area contributed by atoms with Gasteiger partial charge in [-0.2, -0.15) is 0 Å². The van der Waals surface area contributed by atoms with Crippen molar-refractivity contribution in [1.82, 2.24) is 28.6 Å². The molecule has 3 heterocycles. The average molecular weight is 488 g/mol. The lowest BCUT2D eigenvalue weighted by molar-refractivity contribution is -0.119. The van der Waals surface area contributed by atoms with Crippen molar-refractivity contribution in [3.05, 3.63) is 51.2 Å². The quantitative estimate of drug-likeness (QED) is 0.374. The highest BCUT2D eigenvalue weighted by molar-refractivity contribution is 7.22. The smallest absolute Gasteiger partial charge is 0.315 e. The lowest BCUT2D eigenvalue weighted by atomic mass is 10.3. The molecule has 0 aliphatic carbocycles. The van der Waals surface area contributed by atoms with Gasteiger partial charge in [0.2, 0.25) is 5.91 Å². The molecule has 0 atom stereocenters. The fraction of sp³-hybridized carbons (Fsp3) is 0.409. The number of thiazole rings is 1. The number of aryl methyl sites for hydroxylation is 1. The van der Waals surface area contributed by atoms with Crippen LogP contribution in [-0.2, 0) is 25.4 Å². The fourth-order valence-corrected chi connectivity index (χ4v) is 4.89. The van der Waals surface area contributed by atoms with E-state index in [9.17, 15) is 18.8 Å². The van der Waals surface area contributed by atoms with Crippen LogP contribution in [0, 0.1) is 5.82 Å². The van der Waals surface area contributed by atoms with E-state index in [1.165, 1.54) is 53.0 Å². The Morgan fingerprint density at radius 3 is 2.56 bits per heavy atom. The second-order valence-corrected chi connectivity index (χ2v) is 8.94. The van der Waals surface area contributed by atoms with Crippen molar-refractivity contribution in [3.8, 4) is 0 Å². The highest BCUT2D eigenvalue weighted by atomic mass is 32.1. The molecule has 0 N–H and O–H groups in total. The normalized spacial score (nSPS) is 11.7. The molecule has 4 rings (SSSR count). The third-order valence-electron chi connectivity index (χ3n) is 5.93. The van der Waals surface area contributed by atoms with Gasteiger partial charge in [-0.3, -0.25) is 23.6 Å². The van der Waals surface area contributed by atoms with Crippen LogP contribution >= 0.6 is 11.3 Å². The number of hydrogen-bond acceptors (Lipinski definition) is 7. The van der Waals surface area contributed by atoms with Crippen molar-refractivity contribution in [2.24, 2.45) is 14.1 Å². The number of halogens is 1. The molecule has 12 heteroatoms. The number of likely N-dealkylation sites (N-methyl/N-ethyl adjacent to an activating group) is 1. The number of benzene rings is 1. The van der Waals surface area contributed by atoms with Gasteiger partial charge in [-0.1, -0.05) is 25.2 Å². The molecule has 10 nitrogen and oxygen atoms in total. The highest BCUT2D eigenvalue weighted by Gasteiger charge is 2.23. The van der Waals surface area contributed by atoms with Crippen LogP contribution in [0.25, 0.3) is 21.4 Å². The summed E-state index contributed by atoms with van der Waals surface area (Å²) < 4.78 is 18.1. The van der Waals surface area contributed by atoms with Gasteiger partial charge in [0.15, 0.2) is 16.3 Å². The summed E-state index contributed by atoms with van der Waals surface area (Å²) >= 11 is 1.24.